The minimum Gasteiger partial charge on any atom is -0.462 e. The summed E-state index contributed by atoms with van der Waals surface area (Å²) in [6, 6.07) is 17.5. The standard InChI is InChI=1S/C27H24Cl2N2O7/c1-2-36-27(35)17-3-6-19(7-4-17)31-25(33)16-37-26(34)14-13-24(32)30-20-8-10-21(11-9-20)38-23-12-5-18(28)15-22(23)29/h3-12,15H,2,13-14,16H2,1H3,(H,30,32)(H,31,33). The van der Waals surface area contributed by atoms with Gasteiger partial charge >= 0.3 is 11.9 Å². The van der Waals surface area contributed by atoms with E-state index in [4.69, 9.17) is 37.4 Å². The minimum atomic E-state index is -0.698. The molecule has 0 fully saturated rings. The maximum atomic E-state index is 12.2. The van der Waals surface area contributed by atoms with Crippen molar-refractivity contribution in [3.63, 3.8) is 0 Å². The lowest BCUT2D eigenvalue weighted by Crippen LogP contribution is -2.21. The zero-order valence-corrected chi connectivity index (χ0v) is 21.8. The first-order valence-electron chi connectivity index (χ1n) is 11.5. The Kier molecular flexibility index (Phi) is 10.5. The summed E-state index contributed by atoms with van der Waals surface area (Å²) in [7, 11) is 0. The Balaban J connectivity index is 1.36. The molecule has 3 rings (SSSR count). The number of hydrogen-bond acceptors (Lipinski definition) is 7. The fourth-order valence-electron chi connectivity index (χ4n) is 3.05. The third kappa shape index (κ3) is 9.10. The normalized spacial score (nSPS) is 10.3. The average molecular weight is 559 g/mol. The number of rotatable bonds is 11. The van der Waals surface area contributed by atoms with Crippen LogP contribution in [0, 0.1) is 0 Å². The Morgan fingerprint density at radius 3 is 2.03 bits per heavy atom. The molecule has 0 aromatic heterocycles. The summed E-state index contributed by atoms with van der Waals surface area (Å²) in [5, 5.41) is 6.07. The first kappa shape index (κ1) is 28.5. The second-order valence-corrected chi connectivity index (χ2v) is 8.60. The molecular weight excluding hydrogens is 535 g/mol. The Morgan fingerprint density at radius 1 is 0.763 bits per heavy atom. The fraction of sp³-hybridized carbons (Fsp3) is 0.185. The highest BCUT2D eigenvalue weighted by Gasteiger charge is 2.12. The van der Waals surface area contributed by atoms with Crippen molar-refractivity contribution in [2.75, 3.05) is 23.8 Å². The largest absolute Gasteiger partial charge is 0.462 e. The van der Waals surface area contributed by atoms with Gasteiger partial charge in [0.1, 0.15) is 11.5 Å². The number of nitrogens with one attached hydrogen (secondary N) is 2. The summed E-state index contributed by atoms with van der Waals surface area (Å²) in [4.78, 5) is 47.8. The van der Waals surface area contributed by atoms with Gasteiger partial charge in [0.2, 0.25) is 5.91 Å². The molecule has 0 atom stereocenters. The molecule has 0 radical (unpaired) electrons. The molecule has 11 heteroatoms. The monoisotopic (exact) mass is 558 g/mol. The van der Waals surface area contributed by atoms with E-state index in [-0.39, 0.29) is 19.4 Å². The van der Waals surface area contributed by atoms with Crippen LogP contribution in [0.5, 0.6) is 11.5 Å². The van der Waals surface area contributed by atoms with E-state index >= 15 is 0 Å². The molecule has 0 spiro atoms. The smallest absolute Gasteiger partial charge is 0.338 e. The summed E-state index contributed by atoms with van der Waals surface area (Å²) < 4.78 is 15.5. The van der Waals surface area contributed by atoms with Crippen molar-refractivity contribution in [3.05, 3.63) is 82.3 Å². The van der Waals surface area contributed by atoms with Crippen molar-refractivity contribution in [3.8, 4) is 11.5 Å². The van der Waals surface area contributed by atoms with Crippen LogP contribution in [0.15, 0.2) is 66.7 Å². The molecule has 3 aromatic carbocycles. The van der Waals surface area contributed by atoms with Crippen LogP contribution in [-0.4, -0.2) is 37.0 Å². The van der Waals surface area contributed by atoms with E-state index in [9.17, 15) is 19.2 Å². The Labute approximate surface area is 229 Å². The molecule has 2 amide bonds. The molecule has 198 valence electrons. The third-order valence-corrected chi connectivity index (χ3v) is 5.39. The summed E-state index contributed by atoms with van der Waals surface area (Å²) in [5.74, 6) is -1.18. The van der Waals surface area contributed by atoms with Gasteiger partial charge in [0.25, 0.3) is 5.91 Å². The van der Waals surface area contributed by atoms with Crippen LogP contribution in [0.4, 0.5) is 11.4 Å². The van der Waals surface area contributed by atoms with Gasteiger partial charge in [0.15, 0.2) is 6.61 Å². The zero-order valence-electron chi connectivity index (χ0n) is 20.3. The van der Waals surface area contributed by atoms with Gasteiger partial charge in [0, 0.05) is 22.8 Å². The summed E-state index contributed by atoms with van der Waals surface area (Å²) in [6.45, 7) is 1.45. The molecule has 9 nitrogen and oxygen atoms in total. The molecule has 0 saturated carbocycles. The Bertz CT molecular complexity index is 1300. The lowest BCUT2D eigenvalue weighted by molar-refractivity contribution is -0.147. The number of halogens is 2. The SMILES string of the molecule is CCOC(=O)c1ccc(NC(=O)COC(=O)CCC(=O)Nc2ccc(Oc3ccc(Cl)cc3Cl)cc2)cc1. The van der Waals surface area contributed by atoms with Crippen LogP contribution in [0.3, 0.4) is 0 Å². The molecule has 0 bridgehead atoms. The Morgan fingerprint density at radius 2 is 1.39 bits per heavy atom. The summed E-state index contributed by atoms with van der Waals surface area (Å²) >= 11 is 12.0. The Hall–Kier alpha value is -4.08. The predicted octanol–water partition coefficient (Wildman–Crippen LogP) is 5.86. The summed E-state index contributed by atoms with van der Waals surface area (Å²) in [6.07, 6.45) is -0.335. The lowest BCUT2D eigenvalue weighted by atomic mass is 10.2. The van der Waals surface area contributed by atoms with Crippen LogP contribution in [0.2, 0.25) is 10.0 Å². The molecule has 0 aliphatic rings. The molecule has 38 heavy (non-hydrogen) atoms. The van der Waals surface area contributed by atoms with Gasteiger partial charge < -0.3 is 24.8 Å². The maximum absolute atomic E-state index is 12.2. The van der Waals surface area contributed by atoms with E-state index in [0.29, 0.717) is 38.5 Å². The van der Waals surface area contributed by atoms with Crippen LogP contribution in [-0.2, 0) is 23.9 Å². The number of benzene rings is 3. The number of carbonyl (C=O) groups is 4. The van der Waals surface area contributed by atoms with E-state index < -0.39 is 30.4 Å². The number of carbonyl (C=O) groups excluding carboxylic acids is 4. The van der Waals surface area contributed by atoms with Crippen molar-refractivity contribution < 1.29 is 33.4 Å². The average Bonchev–Trinajstić information content (AvgIpc) is 2.89. The van der Waals surface area contributed by atoms with Crippen LogP contribution in [0.25, 0.3) is 0 Å². The highest BCUT2D eigenvalue weighted by atomic mass is 35.5. The number of anilines is 2. The second-order valence-electron chi connectivity index (χ2n) is 7.76. The van der Waals surface area contributed by atoms with Crippen molar-refractivity contribution in [2.24, 2.45) is 0 Å². The van der Waals surface area contributed by atoms with E-state index in [0.717, 1.165) is 0 Å². The topological polar surface area (TPSA) is 120 Å². The highest BCUT2D eigenvalue weighted by Crippen LogP contribution is 2.32. The molecule has 3 aromatic rings. The van der Waals surface area contributed by atoms with Crippen molar-refractivity contribution in [1.82, 2.24) is 0 Å². The number of esters is 2. The molecule has 0 aliphatic heterocycles. The van der Waals surface area contributed by atoms with Gasteiger partial charge in [-0.15, -0.1) is 0 Å². The van der Waals surface area contributed by atoms with Crippen LogP contribution in [0.1, 0.15) is 30.1 Å². The van der Waals surface area contributed by atoms with Gasteiger partial charge in [-0.2, -0.15) is 0 Å². The van der Waals surface area contributed by atoms with Crippen LogP contribution >= 0.6 is 23.2 Å². The molecule has 0 heterocycles. The van der Waals surface area contributed by atoms with Crippen LogP contribution < -0.4 is 15.4 Å². The maximum Gasteiger partial charge on any atom is 0.338 e. The minimum absolute atomic E-state index is 0.131. The second kappa shape index (κ2) is 14.0. The third-order valence-electron chi connectivity index (χ3n) is 4.86. The first-order valence-corrected chi connectivity index (χ1v) is 12.2. The van der Waals surface area contributed by atoms with E-state index in [1.807, 2.05) is 0 Å². The van der Waals surface area contributed by atoms with Gasteiger partial charge in [-0.25, -0.2) is 4.79 Å². The molecule has 0 saturated heterocycles. The van der Waals surface area contributed by atoms with Crippen molar-refractivity contribution in [1.29, 1.82) is 0 Å². The zero-order chi connectivity index (χ0) is 27.5. The number of amides is 2. The predicted molar refractivity (Wildman–Crippen MR) is 143 cm³/mol. The number of ether oxygens (including phenoxy) is 3. The molecule has 0 aliphatic carbocycles. The van der Waals surface area contributed by atoms with E-state index in [1.54, 1.807) is 49.4 Å². The lowest BCUT2D eigenvalue weighted by Gasteiger charge is -2.10. The number of hydrogen-bond donors (Lipinski definition) is 2. The molecule has 2 N–H and O–H groups in total. The van der Waals surface area contributed by atoms with Crippen molar-refractivity contribution >= 4 is 58.3 Å². The van der Waals surface area contributed by atoms with Crippen molar-refractivity contribution in [2.45, 2.75) is 19.8 Å². The van der Waals surface area contributed by atoms with Gasteiger partial charge in [0.05, 0.1) is 23.6 Å². The first-order chi connectivity index (χ1) is 18.2. The highest BCUT2D eigenvalue weighted by molar-refractivity contribution is 6.35. The van der Waals surface area contributed by atoms with Gasteiger partial charge in [-0.3, -0.25) is 14.4 Å². The molecular formula is C27H24Cl2N2O7. The summed E-state index contributed by atoms with van der Waals surface area (Å²) in [5.41, 5.74) is 1.28. The van der Waals surface area contributed by atoms with E-state index in [1.165, 1.54) is 24.3 Å². The van der Waals surface area contributed by atoms with Gasteiger partial charge in [-0.05, 0) is 73.7 Å². The van der Waals surface area contributed by atoms with Gasteiger partial charge in [-0.1, -0.05) is 23.2 Å². The van der Waals surface area contributed by atoms with E-state index in [2.05, 4.69) is 10.6 Å². The quantitative estimate of drug-likeness (QED) is 0.282. The molecule has 0 unspecified atom stereocenters. The fourth-order valence-corrected chi connectivity index (χ4v) is 3.50.